The minimum Gasteiger partial charge on any atom is -0.508 e. The number of Topliss-reactive ketones (excluding diaryl/α,β-unsaturated/α-hetero) is 1. The Balaban J connectivity index is 2.19. The van der Waals surface area contributed by atoms with Gasteiger partial charge in [-0.3, -0.25) is 4.79 Å². The number of alkyl halides is 3. The SMILES string of the molecule is COC(CCc1ccc(O)c(CC(F)(F)F)c1)(CC(=O)CC=O)C1CCCC1. The Morgan fingerprint density at radius 2 is 1.96 bits per heavy atom. The average Bonchev–Trinajstić information content (AvgIpc) is 3.15. The van der Waals surface area contributed by atoms with Gasteiger partial charge in [-0.2, -0.15) is 13.2 Å². The van der Waals surface area contributed by atoms with Gasteiger partial charge in [-0.1, -0.05) is 25.0 Å². The zero-order valence-electron chi connectivity index (χ0n) is 16.1. The molecule has 1 atom stereocenters. The lowest BCUT2D eigenvalue weighted by atomic mass is 9.77. The van der Waals surface area contributed by atoms with E-state index in [9.17, 15) is 27.9 Å². The van der Waals surface area contributed by atoms with Crippen molar-refractivity contribution < 1.29 is 32.6 Å². The second-order valence-corrected chi connectivity index (χ2v) is 7.59. The van der Waals surface area contributed by atoms with Crippen LogP contribution >= 0.6 is 0 Å². The fraction of sp³-hybridized carbons (Fsp3) is 0.619. The van der Waals surface area contributed by atoms with Crippen molar-refractivity contribution in [3.63, 3.8) is 0 Å². The van der Waals surface area contributed by atoms with Gasteiger partial charge in [-0.25, -0.2) is 0 Å². The van der Waals surface area contributed by atoms with E-state index in [1.54, 1.807) is 13.2 Å². The first kappa shape index (κ1) is 22.4. The predicted molar refractivity (Wildman–Crippen MR) is 98.2 cm³/mol. The summed E-state index contributed by atoms with van der Waals surface area (Å²) in [6.07, 6.45) is -0.208. The van der Waals surface area contributed by atoms with Crippen molar-refractivity contribution >= 4 is 12.1 Å². The molecule has 0 aromatic heterocycles. The number of hydrogen-bond donors (Lipinski definition) is 1. The molecule has 4 nitrogen and oxygen atoms in total. The molecule has 2 rings (SSSR count). The van der Waals surface area contributed by atoms with Gasteiger partial charge in [0.25, 0.3) is 0 Å². The molecule has 156 valence electrons. The van der Waals surface area contributed by atoms with Crippen molar-refractivity contribution in [3.8, 4) is 5.75 Å². The second-order valence-electron chi connectivity index (χ2n) is 7.59. The van der Waals surface area contributed by atoms with Crippen LogP contribution in [0.2, 0.25) is 0 Å². The minimum absolute atomic E-state index is 0.125. The van der Waals surface area contributed by atoms with Crippen LogP contribution in [-0.4, -0.2) is 36.1 Å². The van der Waals surface area contributed by atoms with Crippen LogP contribution in [0.1, 0.15) is 56.1 Å². The fourth-order valence-corrected chi connectivity index (χ4v) is 4.24. The number of carbonyl (C=O) groups excluding carboxylic acids is 2. The monoisotopic (exact) mass is 400 g/mol. The molecule has 7 heteroatoms. The molecule has 0 bridgehead atoms. The number of aldehydes is 1. The Bertz CT molecular complexity index is 681. The van der Waals surface area contributed by atoms with Crippen LogP contribution < -0.4 is 0 Å². The van der Waals surface area contributed by atoms with Crippen molar-refractivity contribution in [2.24, 2.45) is 5.92 Å². The summed E-state index contributed by atoms with van der Waals surface area (Å²) in [4.78, 5) is 22.9. The number of aromatic hydroxyl groups is 1. The number of ether oxygens (including phenoxy) is 1. The highest BCUT2D eigenvalue weighted by Crippen LogP contribution is 2.42. The van der Waals surface area contributed by atoms with Crippen LogP contribution in [0.3, 0.4) is 0 Å². The quantitative estimate of drug-likeness (QED) is 0.462. The Morgan fingerprint density at radius 1 is 1.29 bits per heavy atom. The summed E-state index contributed by atoms with van der Waals surface area (Å²) in [7, 11) is 1.55. The smallest absolute Gasteiger partial charge is 0.393 e. The minimum atomic E-state index is -4.41. The summed E-state index contributed by atoms with van der Waals surface area (Å²) >= 11 is 0. The van der Waals surface area contributed by atoms with Crippen LogP contribution in [0.15, 0.2) is 18.2 Å². The molecule has 1 aromatic rings. The van der Waals surface area contributed by atoms with E-state index in [-0.39, 0.29) is 35.9 Å². The second kappa shape index (κ2) is 9.54. The van der Waals surface area contributed by atoms with Gasteiger partial charge in [0.2, 0.25) is 0 Å². The molecule has 0 radical (unpaired) electrons. The third-order valence-corrected chi connectivity index (χ3v) is 5.68. The van der Waals surface area contributed by atoms with Crippen LogP contribution in [0, 0.1) is 5.92 Å². The average molecular weight is 400 g/mol. The number of ketones is 1. The number of phenols is 1. The van der Waals surface area contributed by atoms with Gasteiger partial charge in [0.05, 0.1) is 18.4 Å². The lowest BCUT2D eigenvalue weighted by Crippen LogP contribution is -2.41. The summed E-state index contributed by atoms with van der Waals surface area (Å²) in [5, 5.41) is 9.72. The van der Waals surface area contributed by atoms with E-state index in [4.69, 9.17) is 4.74 Å². The molecule has 0 saturated heterocycles. The Kier molecular flexibility index (Phi) is 7.63. The molecule has 1 aliphatic carbocycles. The molecule has 0 heterocycles. The van der Waals surface area contributed by atoms with Gasteiger partial charge in [0, 0.05) is 19.1 Å². The van der Waals surface area contributed by atoms with E-state index < -0.39 is 18.2 Å². The molecule has 0 spiro atoms. The Labute approximate surface area is 163 Å². The van der Waals surface area contributed by atoms with Crippen molar-refractivity contribution in [2.45, 2.75) is 69.6 Å². The highest BCUT2D eigenvalue weighted by atomic mass is 19.4. The maximum absolute atomic E-state index is 12.7. The predicted octanol–water partition coefficient (Wildman–Crippen LogP) is 4.55. The van der Waals surface area contributed by atoms with Crippen LogP contribution in [0.25, 0.3) is 0 Å². The topological polar surface area (TPSA) is 63.6 Å². The molecule has 1 aliphatic rings. The van der Waals surface area contributed by atoms with Crippen molar-refractivity contribution in [2.75, 3.05) is 7.11 Å². The largest absolute Gasteiger partial charge is 0.508 e. The fourth-order valence-electron chi connectivity index (χ4n) is 4.24. The number of methoxy groups -OCH3 is 1. The molecular formula is C21H27F3O4. The molecule has 0 aliphatic heterocycles. The van der Waals surface area contributed by atoms with E-state index in [1.165, 1.54) is 12.1 Å². The van der Waals surface area contributed by atoms with Crippen LogP contribution in [0.5, 0.6) is 5.75 Å². The lowest BCUT2D eigenvalue weighted by Gasteiger charge is -2.38. The van der Waals surface area contributed by atoms with E-state index in [2.05, 4.69) is 0 Å². The zero-order valence-corrected chi connectivity index (χ0v) is 16.1. The van der Waals surface area contributed by atoms with Gasteiger partial charge < -0.3 is 14.6 Å². The highest BCUT2D eigenvalue weighted by Gasteiger charge is 2.41. The van der Waals surface area contributed by atoms with Gasteiger partial charge >= 0.3 is 6.18 Å². The summed E-state index contributed by atoms with van der Waals surface area (Å²) in [5.74, 6) is -0.386. The summed E-state index contributed by atoms with van der Waals surface area (Å²) in [5.41, 5.74) is -0.233. The van der Waals surface area contributed by atoms with E-state index >= 15 is 0 Å². The van der Waals surface area contributed by atoms with Crippen molar-refractivity contribution in [1.82, 2.24) is 0 Å². The van der Waals surface area contributed by atoms with Crippen molar-refractivity contribution in [3.05, 3.63) is 29.3 Å². The summed E-state index contributed by atoms with van der Waals surface area (Å²) in [6.45, 7) is 0. The maximum Gasteiger partial charge on any atom is 0.393 e. The molecule has 0 amide bonds. The molecular weight excluding hydrogens is 373 g/mol. The summed E-state index contributed by atoms with van der Waals surface area (Å²) in [6, 6.07) is 4.24. The molecule has 1 saturated carbocycles. The molecule has 28 heavy (non-hydrogen) atoms. The van der Waals surface area contributed by atoms with Gasteiger partial charge in [0.1, 0.15) is 17.8 Å². The number of halogens is 3. The molecule has 1 unspecified atom stereocenters. The first-order chi connectivity index (χ1) is 13.2. The highest BCUT2D eigenvalue weighted by molar-refractivity contribution is 5.90. The standard InChI is InChI=1S/C21H27F3O4/c1-28-20(14-18(26)9-11-25,17-4-2-3-5-17)10-8-15-6-7-19(27)16(12-15)13-21(22,23)24/h6-7,11-12,17,27H,2-5,8-10,13-14H2,1H3. The first-order valence-corrected chi connectivity index (χ1v) is 9.57. The number of phenolic OH excluding ortho intramolecular Hbond substituents is 1. The van der Waals surface area contributed by atoms with Crippen LogP contribution in [-0.2, 0) is 27.2 Å². The normalized spacial score (nSPS) is 17.4. The lowest BCUT2D eigenvalue weighted by molar-refractivity contribution is -0.132. The van der Waals surface area contributed by atoms with Gasteiger partial charge in [0.15, 0.2) is 0 Å². The number of benzene rings is 1. The van der Waals surface area contributed by atoms with E-state index in [0.29, 0.717) is 24.7 Å². The van der Waals surface area contributed by atoms with Gasteiger partial charge in [-0.15, -0.1) is 0 Å². The Hall–Kier alpha value is -1.89. The number of aryl methyl sites for hydroxylation is 1. The molecule has 1 N–H and O–H groups in total. The Morgan fingerprint density at radius 3 is 2.54 bits per heavy atom. The van der Waals surface area contributed by atoms with E-state index in [1.807, 2.05) is 0 Å². The number of carbonyl (C=O) groups is 2. The van der Waals surface area contributed by atoms with Crippen LogP contribution in [0.4, 0.5) is 13.2 Å². The third kappa shape index (κ3) is 6.06. The van der Waals surface area contributed by atoms with Crippen molar-refractivity contribution in [1.29, 1.82) is 0 Å². The number of rotatable bonds is 10. The maximum atomic E-state index is 12.7. The van der Waals surface area contributed by atoms with E-state index in [0.717, 1.165) is 25.7 Å². The zero-order chi connectivity index (χ0) is 20.8. The summed E-state index contributed by atoms with van der Waals surface area (Å²) < 4.78 is 43.9. The molecule has 1 aromatic carbocycles. The number of hydrogen-bond acceptors (Lipinski definition) is 4. The van der Waals surface area contributed by atoms with Gasteiger partial charge in [-0.05, 0) is 43.2 Å². The third-order valence-electron chi connectivity index (χ3n) is 5.68. The first-order valence-electron chi connectivity index (χ1n) is 9.57. The molecule has 1 fully saturated rings.